The van der Waals surface area contributed by atoms with Crippen LogP contribution >= 0.6 is 0 Å². The van der Waals surface area contributed by atoms with E-state index in [1.807, 2.05) is 0 Å². The van der Waals surface area contributed by atoms with Gasteiger partial charge in [0.2, 0.25) is 5.91 Å². The molecule has 1 atom stereocenters. The number of rotatable bonds is 3. The molecule has 19 heavy (non-hydrogen) atoms. The Balaban J connectivity index is 1.86. The van der Waals surface area contributed by atoms with Crippen LogP contribution in [0.5, 0.6) is 0 Å². The van der Waals surface area contributed by atoms with Gasteiger partial charge in [-0.1, -0.05) is 0 Å². The highest BCUT2D eigenvalue weighted by Crippen LogP contribution is 2.28. The smallest absolute Gasteiger partial charge is 0.235 e. The summed E-state index contributed by atoms with van der Waals surface area (Å²) in [4.78, 5) is 16.6. The fraction of sp³-hybridized carbons (Fsp3) is 0.857. The van der Waals surface area contributed by atoms with E-state index < -0.39 is 5.54 Å². The molecule has 1 saturated heterocycles. The molecule has 1 heterocycles. The number of carbonyl (C=O) groups excluding carboxylic acids is 1. The molecule has 5 nitrogen and oxygen atoms in total. The van der Waals surface area contributed by atoms with Crippen molar-refractivity contribution >= 4 is 5.91 Å². The van der Waals surface area contributed by atoms with Crippen molar-refractivity contribution in [2.24, 2.45) is 0 Å². The van der Waals surface area contributed by atoms with Gasteiger partial charge in [-0.05, 0) is 39.7 Å². The lowest BCUT2D eigenvalue weighted by Crippen LogP contribution is -2.55. The maximum atomic E-state index is 12.1. The standard InChI is InChI=1S/C14H24N4O/c1-12-9-17(2)7-8-18(12)10-13(19)16-14(11-15)5-3-4-6-14/h12H,3-10H2,1-2H3,(H,16,19). The maximum absolute atomic E-state index is 12.1. The molecule has 1 amide bonds. The van der Waals surface area contributed by atoms with Crippen LogP contribution in [0.25, 0.3) is 0 Å². The number of nitrogens with zero attached hydrogens (tertiary/aromatic N) is 3. The lowest BCUT2D eigenvalue weighted by molar-refractivity contribution is -0.124. The van der Waals surface area contributed by atoms with Gasteiger partial charge in [-0.15, -0.1) is 0 Å². The van der Waals surface area contributed by atoms with Crippen molar-refractivity contribution in [3.8, 4) is 6.07 Å². The van der Waals surface area contributed by atoms with E-state index in [2.05, 4.69) is 35.2 Å². The van der Waals surface area contributed by atoms with Crippen LogP contribution < -0.4 is 5.32 Å². The van der Waals surface area contributed by atoms with Crippen LogP contribution in [0, 0.1) is 11.3 Å². The molecule has 0 aromatic carbocycles. The van der Waals surface area contributed by atoms with Gasteiger partial charge in [0.1, 0.15) is 5.54 Å². The van der Waals surface area contributed by atoms with E-state index in [9.17, 15) is 10.1 Å². The predicted octanol–water partition coefficient (Wildman–Crippen LogP) is 0.575. The quantitative estimate of drug-likeness (QED) is 0.810. The van der Waals surface area contributed by atoms with Crippen molar-refractivity contribution in [2.75, 3.05) is 33.2 Å². The van der Waals surface area contributed by atoms with Crippen LogP contribution in [-0.2, 0) is 4.79 Å². The minimum Gasteiger partial charge on any atom is -0.337 e. The molecule has 0 radical (unpaired) electrons. The third-order valence-corrected chi connectivity index (χ3v) is 4.36. The Bertz CT molecular complexity index is 370. The van der Waals surface area contributed by atoms with Crippen molar-refractivity contribution in [3.63, 3.8) is 0 Å². The summed E-state index contributed by atoms with van der Waals surface area (Å²) in [5, 5.41) is 12.2. The summed E-state index contributed by atoms with van der Waals surface area (Å²) in [5.74, 6) is -0.000136. The highest BCUT2D eigenvalue weighted by molar-refractivity contribution is 5.79. The minimum absolute atomic E-state index is 0.000136. The second-order valence-electron chi connectivity index (χ2n) is 6.03. The van der Waals surface area contributed by atoms with Crippen molar-refractivity contribution in [2.45, 2.75) is 44.2 Å². The molecule has 1 saturated carbocycles. The summed E-state index contributed by atoms with van der Waals surface area (Å²) in [6.45, 7) is 5.49. The van der Waals surface area contributed by atoms with Gasteiger partial charge in [0.15, 0.2) is 0 Å². The SMILES string of the molecule is CC1CN(C)CCN1CC(=O)NC1(C#N)CCCC1. The fourth-order valence-corrected chi connectivity index (χ4v) is 3.15. The molecule has 1 N–H and O–H groups in total. The van der Waals surface area contributed by atoms with Gasteiger partial charge in [-0.25, -0.2) is 0 Å². The summed E-state index contributed by atoms with van der Waals surface area (Å²) in [5.41, 5.74) is -0.590. The zero-order chi connectivity index (χ0) is 13.9. The monoisotopic (exact) mass is 264 g/mol. The van der Waals surface area contributed by atoms with Crippen LogP contribution in [0.1, 0.15) is 32.6 Å². The summed E-state index contributed by atoms with van der Waals surface area (Å²) < 4.78 is 0. The second kappa shape index (κ2) is 5.89. The first-order chi connectivity index (χ1) is 9.04. The summed E-state index contributed by atoms with van der Waals surface area (Å²) in [6.07, 6.45) is 3.68. The fourth-order valence-electron chi connectivity index (χ4n) is 3.15. The van der Waals surface area contributed by atoms with E-state index in [-0.39, 0.29) is 5.91 Å². The Morgan fingerprint density at radius 2 is 2.11 bits per heavy atom. The Kier molecular flexibility index (Phi) is 4.43. The topological polar surface area (TPSA) is 59.4 Å². The normalized spacial score (nSPS) is 27.9. The lowest BCUT2D eigenvalue weighted by Gasteiger charge is -2.38. The van der Waals surface area contributed by atoms with Crippen LogP contribution in [0.4, 0.5) is 0 Å². The first kappa shape index (κ1) is 14.3. The van der Waals surface area contributed by atoms with Gasteiger partial charge in [0, 0.05) is 25.7 Å². The summed E-state index contributed by atoms with van der Waals surface area (Å²) in [7, 11) is 2.11. The Morgan fingerprint density at radius 3 is 2.68 bits per heavy atom. The molecular weight excluding hydrogens is 240 g/mol. The molecular formula is C14H24N4O. The third kappa shape index (κ3) is 3.46. The van der Waals surface area contributed by atoms with E-state index in [1.54, 1.807) is 0 Å². The van der Waals surface area contributed by atoms with Crippen LogP contribution in [0.15, 0.2) is 0 Å². The van der Waals surface area contributed by atoms with E-state index in [0.717, 1.165) is 45.3 Å². The first-order valence-electron chi connectivity index (χ1n) is 7.19. The highest BCUT2D eigenvalue weighted by atomic mass is 16.2. The van der Waals surface area contributed by atoms with Gasteiger partial charge >= 0.3 is 0 Å². The molecule has 0 spiro atoms. The number of nitrogens with one attached hydrogen (secondary N) is 1. The Hall–Kier alpha value is -1.12. The molecule has 1 aliphatic carbocycles. The van der Waals surface area contributed by atoms with Gasteiger partial charge in [-0.3, -0.25) is 9.69 Å². The predicted molar refractivity (Wildman–Crippen MR) is 73.5 cm³/mol. The van der Waals surface area contributed by atoms with Crippen molar-refractivity contribution in [1.29, 1.82) is 5.26 Å². The van der Waals surface area contributed by atoms with Gasteiger partial charge in [0.25, 0.3) is 0 Å². The molecule has 5 heteroatoms. The third-order valence-electron chi connectivity index (χ3n) is 4.36. The molecule has 0 bridgehead atoms. The van der Waals surface area contributed by atoms with Crippen LogP contribution in [0.2, 0.25) is 0 Å². The van der Waals surface area contributed by atoms with E-state index in [1.165, 1.54) is 0 Å². The Morgan fingerprint density at radius 1 is 1.42 bits per heavy atom. The Labute approximate surface area is 115 Å². The molecule has 0 aromatic rings. The molecule has 1 aliphatic heterocycles. The molecule has 2 aliphatic rings. The van der Waals surface area contributed by atoms with Crippen molar-refractivity contribution in [1.82, 2.24) is 15.1 Å². The van der Waals surface area contributed by atoms with Crippen LogP contribution in [0.3, 0.4) is 0 Å². The van der Waals surface area contributed by atoms with Crippen molar-refractivity contribution in [3.05, 3.63) is 0 Å². The zero-order valence-corrected chi connectivity index (χ0v) is 12.0. The van der Waals surface area contributed by atoms with Crippen molar-refractivity contribution < 1.29 is 4.79 Å². The summed E-state index contributed by atoms with van der Waals surface area (Å²) >= 11 is 0. The zero-order valence-electron chi connectivity index (χ0n) is 12.0. The number of amides is 1. The van der Waals surface area contributed by atoms with E-state index in [0.29, 0.717) is 12.6 Å². The van der Waals surface area contributed by atoms with E-state index >= 15 is 0 Å². The summed E-state index contributed by atoms with van der Waals surface area (Å²) in [6, 6.07) is 2.70. The largest absolute Gasteiger partial charge is 0.337 e. The molecule has 106 valence electrons. The average molecular weight is 264 g/mol. The molecule has 2 rings (SSSR count). The number of hydrogen-bond acceptors (Lipinski definition) is 4. The molecule has 1 unspecified atom stereocenters. The highest BCUT2D eigenvalue weighted by Gasteiger charge is 2.36. The first-order valence-corrected chi connectivity index (χ1v) is 7.19. The number of likely N-dealkylation sites (N-methyl/N-ethyl adjacent to an activating group) is 1. The minimum atomic E-state index is -0.590. The number of piperazine rings is 1. The number of hydrogen-bond donors (Lipinski definition) is 1. The van der Waals surface area contributed by atoms with Crippen LogP contribution in [-0.4, -0.2) is 60.5 Å². The molecule has 0 aromatic heterocycles. The second-order valence-corrected chi connectivity index (χ2v) is 6.03. The van der Waals surface area contributed by atoms with Gasteiger partial charge < -0.3 is 10.2 Å². The van der Waals surface area contributed by atoms with Gasteiger partial charge in [-0.2, -0.15) is 5.26 Å². The average Bonchev–Trinajstić information content (AvgIpc) is 2.82. The van der Waals surface area contributed by atoms with E-state index in [4.69, 9.17) is 0 Å². The lowest BCUT2D eigenvalue weighted by atomic mass is 10.00. The number of nitriles is 1. The number of carbonyl (C=O) groups is 1. The maximum Gasteiger partial charge on any atom is 0.235 e. The molecule has 2 fully saturated rings. The van der Waals surface area contributed by atoms with Gasteiger partial charge in [0.05, 0.1) is 12.6 Å².